The van der Waals surface area contributed by atoms with Crippen LogP contribution in [0.4, 0.5) is 5.69 Å². The second-order valence-corrected chi connectivity index (χ2v) is 7.10. The van der Waals surface area contributed by atoms with Gasteiger partial charge in [0.05, 0.1) is 18.5 Å². The molecule has 0 aliphatic carbocycles. The predicted molar refractivity (Wildman–Crippen MR) is 91.1 cm³/mol. The van der Waals surface area contributed by atoms with Crippen molar-refractivity contribution in [2.24, 2.45) is 0 Å². The third kappa shape index (κ3) is 5.18. The van der Waals surface area contributed by atoms with E-state index >= 15 is 0 Å². The third-order valence-electron chi connectivity index (χ3n) is 3.26. The maximum absolute atomic E-state index is 11.9. The van der Waals surface area contributed by atoms with Crippen molar-refractivity contribution >= 4 is 21.6 Å². The van der Waals surface area contributed by atoms with Crippen molar-refractivity contribution in [2.45, 2.75) is 6.10 Å². The van der Waals surface area contributed by atoms with Gasteiger partial charge in [0.1, 0.15) is 11.5 Å². The number of hydroxylamine groups is 1. The molecular weight excluding hydrogens is 348 g/mol. The first-order chi connectivity index (χ1) is 11.8. The van der Waals surface area contributed by atoms with Gasteiger partial charge in [-0.25, -0.2) is 13.9 Å². The quantitative estimate of drug-likeness (QED) is 0.499. The Morgan fingerprint density at radius 3 is 2.20 bits per heavy atom. The summed E-state index contributed by atoms with van der Waals surface area (Å²) in [7, 11) is -3.76. The Kier molecular flexibility index (Phi) is 5.97. The molecule has 0 bridgehead atoms. The average Bonchev–Trinajstić information content (AvgIpc) is 2.59. The van der Waals surface area contributed by atoms with Crippen LogP contribution in [0.5, 0.6) is 11.5 Å². The molecule has 0 heterocycles. The molecule has 3 N–H and O–H groups in total. The maximum atomic E-state index is 11.9. The summed E-state index contributed by atoms with van der Waals surface area (Å²) in [6.45, 7) is -0.538. The lowest BCUT2D eigenvalue weighted by Crippen LogP contribution is -2.44. The lowest BCUT2D eigenvalue weighted by molar-refractivity contribution is -0.137. The number of nitrogens with zero attached hydrogens (tertiary/aromatic N) is 1. The molecule has 8 nitrogen and oxygen atoms in total. The van der Waals surface area contributed by atoms with Gasteiger partial charge < -0.3 is 9.84 Å². The van der Waals surface area contributed by atoms with Crippen molar-refractivity contribution in [3.63, 3.8) is 0 Å². The topological polar surface area (TPSA) is 116 Å². The number of carbonyl (C=O) groups is 1. The molecule has 1 amide bonds. The molecule has 2 rings (SSSR count). The number of amides is 1. The van der Waals surface area contributed by atoms with E-state index in [0.717, 1.165) is 10.6 Å². The molecule has 1 unspecified atom stereocenters. The van der Waals surface area contributed by atoms with Crippen LogP contribution in [0.1, 0.15) is 0 Å². The smallest absolute Gasteiger partial charge is 0.274 e. The van der Waals surface area contributed by atoms with Gasteiger partial charge in [-0.3, -0.25) is 14.3 Å². The van der Waals surface area contributed by atoms with Crippen molar-refractivity contribution in [1.82, 2.24) is 5.48 Å². The summed E-state index contributed by atoms with van der Waals surface area (Å²) < 4.78 is 30.4. The first-order valence-electron chi connectivity index (χ1n) is 7.24. The molecule has 1 atom stereocenters. The third-order valence-corrected chi connectivity index (χ3v) is 4.42. The lowest BCUT2D eigenvalue weighted by atomic mass is 10.2. The van der Waals surface area contributed by atoms with Gasteiger partial charge in [-0.2, -0.15) is 0 Å². The van der Waals surface area contributed by atoms with Crippen LogP contribution in [0, 0.1) is 0 Å². The molecule has 0 radical (unpaired) electrons. The normalized spacial score (nSPS) is 12.3. The van der Waals surface area contributed by atoms with Crippen molar-refractivity contribution in [3.05, 3.63) is 54.6 Å². The molecule has 0 aliphatic heterocycles. The number of para-hydroxylation sites is 1. The minimum absolute atomic E-state index is 0.243. The lowest BCUT2D eigenvalue weighted by Gasteiger charge is -2.24. The number of hydrogen-bond acceptors (Lipinski definition) is 6. The number of rotatable bonds is 7. The number of nitrogens with one attached hydrogen (secondary N) is 1. The molecule has 9 heteroatoms. The van der Waals surface area contributed by atoms with Crippen LogP contribution in [0.15, 0.2) is 54.6 Å². The van der Waals surface area contributed by atoms with Gasteiger partial charge in [-0.15, -0.1) is 0 Å². The Bertz CT molecular complexity index is 808. The van der Waals surface area contributed by atoms with E-state index in [-0.39, 0.29) is 5.69 Å². The number of aliphatic hydroxyl groups is 1. The Morgan fingerprint density at radius 1 is 1.12 bits per heavy atom. The Balaban J connectivity index is 2.19. The van der Waals surface area contributed by atoms with Crippen molar-refractivity contribution in [3.8, 4) is 11.5 Å². The van der Waals surface area contributed by atoms with Gasteiger partial charge in [-0.05, 0) is 36.4 Å². The minimum atomic E-state index is -3.76. The van der Waals surface area contributed by atoms with Gasteiger partial charge in [0, 0.05) is 0 Å². The number of carbonyl (C=O) groups excluding carboxylic acids is 1. The minimum Gasteiger partial charge on any atom is -0.457 e. The first-order valence-corrected chi connectivity index (χ1v) is 9.09. The fourth-order valence-electron chi connectivity index (χ4n) is 2.05. The van der Waals surface area contributed by atoms with E-state index in [0.29, 0.717) is 11.5 Å². The van der Waals surface area contributed by atoms with Crippen LogP contribution >= 0.6 is 0 Å². The molecule has 25 heavy (non-hydrogen) atoms. The second kappa shape index (κ2) is 7.97. The first kappa shape index (κ1) is 18.7. The zero-order valence-electron chi connectivity index (χ0n) is 13.4. The Morgan fingerprint density at radius 2 is 1.68 bits per heavy atom. The fourth-order valence-corrected chi connectivity index (χ4v) is 2.97. The summed E-state index contributed by atoms with van der Waals surface area (Å²) in [5, 5.41) is 18.2. The van der Waals surface area contributed by atoms with E-state index in [4.69, 9.17) is 9.94 Å². The van der Waals surface area contributed by atoms with Crippen LogP contribution in [-0.2, 0) is 14.8 Å². The number of hydrogen-bond donors (Lipinski definition) is 3. The molecule has 2 aromatic carbocycles. The molecular formula is C16H18N2O6S. The van der Waals surface area contributed by atoms with Crippen LogP contribution in [0.3, 0.4) is 0 Å². The monoisotopic (exact) mass is 366 g/mol. The zero-order chi connectivity index (χ0) is 18.4. The predicted octanol–water partition coefficient (Wildman–Crippen LogP) is 1.11. The standard InChI is InChI=1S/C16H18N2O6S/c1-25(22,23)18(11-15(19)16(20)17-21)12-7-9-14(10-8-12)24-13-5-3-2-4-6-13/h2-10,15,19,21H,11H2,1H3,(H,17,20). The number of benzene rings is 2. The van der Waals surface area contributed by atoms with Gasteiger partial charge in [0.25, 0.3) is 5.91 Å². The molecule has 0 saturated carbocycles. The second-order valence-electron chi connectivity index (χ2n) is 5.19. The summed E-state index contributed by atoms with van der Waals surface area (Å²) in [4.78, 5) is 11.2. The summed E-state index contributed by atoms with van der Waals surface area (Å²) in [5.41, 5.74) is 1.52. The average molecular weight is 366 g/mol. The van der Waals surface area contributed by atoms with E-state index in [9.17, 15) is 18.3 Å². The zero-order valence-corrected chi connectivity index (χ0v) is 14.2. The molecule has 0 aromatic heterocycles. The number of anilines is 1. The molecule has 0 saturated heterocycles. The molecule has 0 spiro atoms. The van der Waals surface area contributed by atoms with E-state index < -0.39 is 28.6 Å². The molecule has 134 valence electrons. The highest BCUT2D eigenvalue weighted by Gasteiger charge is 2.25. The van der Waals surface area contributed by atoms with Gasteiger partial charge in [0.2, 0.25) is 10.0 Å². The van der Waals surface area contributed by atoms with Gasteiger partial charge in [0.15, 0.2) is 6.10 Å². The maximum Gasteiger partial charge on any atom is 0.274 e. The summed E-state index contributed by atoms with van der Waals surface area (Å²) in [5.74, 6) is 0.0278. The van der Waals surface area contributed by atoms with Gasteiger partial charge >= 0.3 is 0 Å². The van der Waals surface area contributed by atoms with Crippen LogP contribution < -0.4 is 14.5 Å². The highest BCUT2D eigenvalue weighted by atomic mass is 32.2. The largest absolute Gasteiger partial charge is 0.457 e. The Hall–Kier alpha value is -2.62. The fraction of sp³-hybridized carbons (Fsp3) is 0.188. The summed E-state index contributed by atoms with van der Waals surface area (Å²) in [6.07, 6.45) is -0.773. The number of aliphatic hydroxyl groups excluding tert-OH is 1. The van der Waals surface area contributed by atoms with E-state index in [1.165, 1.54) is 17.6 Å². The summed E-state index contributed by atoms with van der Waals surface area (Å²) in [6, 6.07) is 15.2. The molecule has 2 aromatic rings. The molecule has 0 aliphatic rings. The molecule has 0 fully saturated rings. The number of sulfonamides is 1. The van der Waals surface area contributed by atoms with E-state index in [1.807, 2.05) is 18.2 Å². The van der Waals surface area contributed by atoms with E-state index in [2.05, 4.69) is 0 Å². The Labute approximate surface area is 145 Å². The van der Waals surface area contributed by atoms with Crippen LogP contribution in [-0.4, -0.2) is 43.5 Å². The number of ether oxygens (including phenoxy) is 1. The van der Waals surface area contributed by atoms with Crippen molar-refractivity contribution < 1.29 is 28.3 Å². The van der Waals surface area contributed by atoms with Crippen molar-refractivity contribution in [2.75, 3.05) is 17.1 Å². The van der Waals surface area contributed by atoms with Crippen molar-refractivity contribution in [1.29, 1.82) is 0 Å². The van der Waals surface area contributed by atoms with Crippen LogP contribution in [0.25, 0.3) is 0 Å². The van der Waals surface area contributed by atoms with Crippen LogP contribution in [0.2, 0.25) is 0 Å². The summed E-state index contributed by atoms with van der Waals surface area (Å²) >= 11 is 0. The highest BCUT2D eigenvalue weighted by molar-refractivity contribution is 7.92. The SMILES string of the molecule is CS(=O)(=O)N(CC(O)C(=O)NO)c1ccc(Oc2ccccc2)cc1. The van der Waals surface area contributed by atoms with E-state index in [1.54, 1.807) is 24.3 Å². The highest BCUT2D eigenvalue weighted by Crippen LogP contribution is 2.25. The van der Waals surface area contributed by atoms with Gasteiger partial charge in [-0.1, -0.05) is 18.2 Å².